The lowest BCUT2D eigenvalue weighted by Gasteiger charge is -2.31. The summed E-state index contributed by atoms with van der Waals surface area (Å²) in [6, 6.07) is 8.52. The number of carbonyl (C=O) groups is 1. The molecule has 0 radical (unpaired) electrons. The fourth-order valence-corrected chi connectivity index (χ4v) is 4.54. The van der Waals surface area contributed by atoms with E-state index in [9.17, 15) is 22.8 Å². The van der Waals surface area contributed by atoms with Gasteiger partial charge in [-0.2, -0.15) is 18.2 Å². The molecule has 1 aromatic carbocycles. The van der Waals surface area contributed by atoms with Gasteiger partial charge >= 0.3 is 12.1 Å². The molecule has 1 aliphatic rings. The third-order valence-corrected chi connectivity index (χ3v) is 6.46. The Kier molecular flexibility index (Phi) is 7.91. The van der Waals surface area contributed by atoms with Gasteiger partial charge in [0.25, 0.3) is 5.56 Å². The van der Waals surface area contributed by atoms with E-state index >= 15 is 0 Å². The number of hydrogen-bond acceptors (Lipinski definition) is 7. The molecule has 4 rings (SSSR count). The maximum absolute atomic E-state index is 13.7. The van der Waals surface area contributed by atoms with Gasteiger partial charge in [0.05, 0.1) is 0 Å². The van der Waals surface area contributed by atoms with Gasteiger partial charge in [0.15, 0.2) is 23.1 Å². The lowest BCUT2D eigenvalue weighted by molar-refractivity contribution is -0.205. The Morgan fingerprint density at radius 3 is 2.58 bits per heavy atom. The lowest BCUT2D eigenvalue weighted by atomic mass is 10.1. The van der Waals surface area contributed by atoms with Crippen LogP contribution >= 0.6 is 0 Å². The molecule has 0 bridgehead atoms. The second-order valence-corrected chi connectivity index (χ2v) is 9.74. The Labute approximate surface area is 217 Å². The molecule has 0 aliphatic carbocycles. The Morgan fingerprint density at radius 2 is 1.95 bits per heavy atom. The first kappa shape index (κ1) is 27.4. The van der Waals surface area contributed by atoms with Crippen molar-refractivity contribution < 1.29 is 22.7 Å². The van der Waals surface area contributed by atoms with Gasteiger partial charge in [0.1, 0.15) is 0 Å². The van der Waals surface area contributed by atoms with Crippen LogP contribution in [0.3, 0.4) is 0 Å². The largest absolute Gasteiger partial charge is 0.490 e. The van der Waals surface area contributed by atoms with E-state index in [1.54, 1.807) is 34.9 Å². The smallest absolute Gasteiger partial charge is 0.447 e. The van der Waals surface area contributed by atoms with Gasteiger partial charge in [-0.1, -0.05) is 42.0 Å². The third kappa shape index (κ3) is 5.90. The standard InChI is InChI=1S/C26H31F3N6O3/c1-16(2)11-13-35-20-21(32-25(35)34-12-7-10-18(30)15-34)31-22(33(3)23(20)36)19(38-24(37)26(27,28)29)14-17-8-5-4-6-9-17/h4-6,8-9,11,18-19H,7,10,12-15,30H2,1-3H3. The van der Waals surface area contributed by atoms with Crippen LogP contribution in [0.15, 0.2) is 46.8 Å². The Bertz CT molecular complexity index is 1390. The Balaban J connectivity index is 1.86. The van der Waals surface area contributed by atoms with Gasteiger partial charge in [-0.25, -0.2) is 9.78 Å². The number of allylic oxidation sites excluding steroid dienone is 2. The first-order chi connectivity index (χ1) is 18.0. The second-order valence-electron chi connectivity index (χ2n) is 9.74. The van der Waals surface area contributed by atoms with Crippen molar-refractivity contribution in [3.8, 4) is 0 Å². The van der Waals surface area contributed by atoms with Crippen molar-refractivity contribution in [3.63, 3.8) is 0 Å². The van der Waals surface area contributed by atoms with Crippen molar-refractivity contribution >= 4 is 23.1 Å². The normalized spacial score (nSPS) is 16.9. The number of nitrogens with zero attached hydrogens (tertiary/aromatic N) is 5. The number of alkyl halides is 3. The first-order valence-electron chi connectivity index (χ1n) is 12.4. The lowest BCUT2D eigenvalue weighted by Crippen LogP contribution is -2.44. The molecule has 3 heterocycles. The summed E-state index contributed by atoms with van der Waals surface area (Å²) in [5, 5.41) is 0. The van der Waals surface area contributed by atoms with E-state index in [4.69, 9.17) is 10.5 Å². The SMILES string of the molecule is CC(C)=CCn1c(N2CCCC(N)C2)nc2nc(C(Cc3ccccc3)OC(=O)C(F)(F)F)n(C)c(=O)c21. The molecule has 2 atom stereocenters. The van der Waals surface area contributed by atoms with Crippen LogP contribution in [0.2, 0.25) is 0 Å². The van der Waals surface area contributed by atoms with Gasteiger partial charge in [0, 0.05) is 39.1 Å². The summed E-state index contributed by atoms with van der Waals surface area (Å²) in [7, 11) is 1.40. The summed E-state index contributed by atoms with van der Waals surface area (Å²) in [6.45, 7) is 5.47. The number of imidazole rings is 1. The number of esters is 1. The number of carbonyl (C=O) groups excluding carboxylic acids is 1. The molecule has 12 heteroatoms. The van der Waals surface area contributed by atoms with E-state index in [2.05, 4.69) is 9.97 Å². The van der Waals surface area contributed by atoms with Crippen LogP contribution < -0.4 is 16.2 Å². The summed E-state index contributed by atoms with van der Waals surface area (Å²) in [5.41, 5.74) is 7.61. The number of ether oxygens (including phenoxy) is 1. The zero-order valence-corrected chi connectivity index (χ0v) is 21.5. The predicted octanol–water partition coefficient (Wildman–Crippen LogP) is 3.41. The molecule has 38 heavy (non-hydrogen) atoms. The van der Waals surface area contributed by atoms with Crippen LogP contribution in [-0.2, 0) is 29.5 Å². The highest BCUT2D eigenvalue weighted by Crippen LogP contribution is 2.28. The number of nitrogens with two attached hydrogens (primary N) is 1. The summed E-state index contributed by atoms with van der Waals surface area (Å²) in [6.07, 6.45) is -3.10. The minimum Gasteiger partial charge on any atom is -0.447 e. The average molecular weight is 533 g/mol. The van der Waals surface area contributed by atoms with Gasteiger partial charge in [0.2, 0.25) is 5.95 Å². The van der Waals surface area contributed by atoms with Crippen LogP contribution in [0.4, 0.5) is 19.1 Å². The predicted molar refractivity (Wildman–Crippen MR) is 137 cm³/mol. The quantitative estimate of drug-likeness (QED) is 0.367. The van der Waals surface area contributed by atoms with E-state index in [0.29, 0.717) is 31.1 Å². The highest BCUT2D eigenvalue weighted by molar-refractivity contribution is 5.76. The van der Waals surface area contributed by atoms with Gasteiger partial charge < -0.3 is 19.9 Å². The summed E-state index contributed by atoms with van der Waals surface area (Å²) in [5.74, 6) is -1.97. The van der Waals surface area contributed by atoms with Crippen molar-refractivity contribution in [2.24, 2.45) is 12.8 Å². The number of aromatic nitrogens is 4. The van der Waals surface area contributed by atoms with Crippen LogP contribution in [0, 0.1) is 0 Å². The van der Waals surface area contributed by atoms with Crippen molar-refractivity contribution in [2.75, 3.05) is 18.0 Å². The number of fused-ring (bicyclic) bond motifs is 1. The van der Waals surface area contributed by atoms with Crippen molar-refractivity contribution in [2.45, 2.75) is 58.0 Å². The van der Waals surface area contributed by atoms with Gasteiger partial charge in [-0.3, -0.25) is 9.36 Å². The molecule has 204 valence electrons. The molecule has 0 saturated carbocycles. The number of piperidine rings is 1. The van der Waals surface area contributed by atoms with E-state index < -0.39 is 23.8 Å². The van der Waals surface area contributed by atoms with Crippen molar-refractivity contribution in [1.82, 2.24) is 19.1 Å². The number of benzene rings is 1. The summed E-state index contributed by atoms with van der Waals surface area (Å²) < 4.78 is 47.2. The summed E-state index contributed by atoms with van der Waals surface area (Å²) in [4.78, 5) is 36.6. The number of hydrogen-bond donors (Lipinski definition) is 1. The van der Waals surface area contributed by atoms with E-state index in [-0.39, 0.29) is 29.5 Å². The van der Waals surface area contributed by atoms with Crippen LogP contribution in [0.5, 0.6) is 0 Å². The molecule has 1 aliphatic heterocycles. The molecular weight excluding hydrogens is 501 g/mol. The molecule has 3 aromatic rings. The maximum atomic E-state index is 13.7. The highest BCUT2D eigenvalue weighted by Gasteiger charge is 2.43. The fourth-order valence-electron chi connectivity index (χ4n) is 4.54. The van der Waals surface area contributed by atoms with Crippen molar-refractivity contribution in [3.05, 3.63) is 63.7 Å². The van der Waals surface area contributed by atoms with Crippen molar-refractivity contribution in [1.29, 1.82) is 0 Å². The molecule has 1 saturated heterocycles. The number of rotatable bonds is 7. The molecule has 2 unspecified atom stereocenters. The monoisotopic (exact) mass is 532 g/mol. The van der Waals surface area contributed by atoms with E-state index in [1.807, 2.05) is 24.8 Å². The average Bonchev–Trinajstić information content (AvgIpc) is 3.23. The van der Waals surface area contributed by atoms with E-state index in [1.165, 1.54) is 7.05 Å². The topological polar surface area (TPSA) is 108 Å². The highest BCUT2D eigenvalue weighted by atomic mass is 19.4. The maximum Gasteiger partial charge on any atom is 0.490 e. The van der Waals surface area contributed by atoms with Gasteiger partial charge in [-0.15, -0.1) is 0 Å². The molecule has 9 nitrogen and oxygen atoms in total. The zero-order valence-electron chi connectivity index (χ0n) is 21.5. The number of anilines is 1. The molecule has 2 N–H and O–H groups in total. The molecule has 0 spiro atoms. The minimum atomic E-state index is -5.20. The molecular formula is C26H31F3N6O3. The first-order valence-corrected chi connectivity index (χ1v) is 12.4. The number of halogens is 3. The third-order valence-electron chi connectivity index (χ3n) is 6.46. The Morgan fingerprint density at radius 1 is 1.24 bits per heavy atom. The van der Waals surface area contributed by atoms with Gasteiger partial charge in [-0.05, 0) is 32.3 Å². The second kappa shape index (κ2) is 11.0. The van der Waals surface area contributed by atoms with Crippen LogP contribution in [0.1, 0.15) is 44.2 Å². The molecule has 0 amide bonds. The Hall–Kier alpha value is -3.67. The molecule has 2 aromatic heterocycles. The summed E-state index contributed by atoms with van der Waals surface area (Å²) >= 11 is 0. The minimum absolute atomic E-state index is 0.0520. The van der Waals surface area contributed by atoms with Crippen LogP contribution in [-0.4, -0.2) is 50.4 Å². The van der Waals surface area contributed by atoms with E-state index in [0.717, 1.165) is 23.0 Å². The zero-order chi connectivity index (χ0) is 27.6. The molecule has 1 fully saturated rings. The fraction of sp³-hybridized carbons (Fsp3) is 0.462. The van der Waals surface area contributed by atoms with Crippen LogP contribution in [0.25, 0.3) is 11.2 Å².